The van der Waals surface area contributed by atoms with E-state index in [9.17, 15) is 4.79 Å². The van der Waals surface area contributed by atoms with Gasteiger partial charge in [0.25, 0.3) is 0 Å². The molecule has 0 aliphatic carbocycles. The van der Waals surface area contributed by atoms with Crippen LogP contribution in [0.2, 0.25) is 0 Å². The summed E-state index contributed by atoms with van der Waals surface area (Å²) in [4.78, 5) is 18.4. The minimum atomic E-state index is -1.18. The summed E-state index contributed by atoms with van der Waals surface area (Å²) in [5, 5.41) is 20.9. The van der Waals surface area contributed by atoms with Gasteiger partial charge in [-0.05, 0) is 0 Å². The molecule has 0 unspecified atom stereocenters. The number of hydrogen-bond acceptors (Lipinski definition) is 6. The lowest BCUT2D eigenvalue weighted by molar-refractivity contribution is 0.0697. The van der Waals surface area contributed by atoms with Crippen LogP contribution in [0.25, 0.3) is 11.5 Å². The summed E-state index contributed by atoms with van der Waals surface area (Å²) in [6, 6.07) is 1.85. The molecule has 0 amide bonds. The van der Waals surface area contributed by atoms with Crippen LogP contribution >= 0.6 is 0 Å². The Bertz CT molecular complexity index is 567. The van der Waals surface area contributed by atoms with Crippen molar-refractivity contribution in [2.45, 2.75) is 0 Å². The van der Waals surface area contributed by atoms with Crippen molar-refractivity contribution in [1.29, 1.82) is 5.26 Å². The third-order valence-electron chi connectivity index (χ3n) is 1.79. The van der Waals surface area contributed by atoms with Gasteiger partial charge >= 0.3 is 5.97 Å². The lowest BCUT2D eigenvalue weighted by Crippen LogP contribution is -1.99. The number of hydrogen-bond donors (Lipinski definition) is 1. The van der Waals surface area contributed by atoms with Crippen LogP contribution in [0.15, 0.2) is 23.2 Å². The van der Waals surface area contributed by atoms with Crippen molar-refractivity contribution in [3.05, 3.63) is 29.8 Å². The van der Waals surface area contributed by atoms with E-state index in [1.54, 1.807) is 0 Å². The lowest BCUT2D eigenvalue weighted by atomic mass is 10.2. The molecule has 7 heteroatoms. The fourth-order valence-corrected chi connectivity index (χ4v) is 1.06. The predicted molar refractivity (Wildman–Crippen MR) is 49.2 cm³/mol. The maximum absolute atomic E-state index is 10.8. The molecule has 0 bridgehead atoms. The summed E-state index contributed by atoms with van der Waals surface area (Å²) in [5.74, 6) is -1.07. The lowest BCUT2D eigenvalue weighted by Gasteiger charge is -1.95. The molecule has 0 aliphatic rings. The van der Waals surface area contributed by atoms with Gasteiger partial charge in [0.1, 0.15) is 17.9 Å². The van der Waals surface area contributed by atoms with E-state index in [4.69, 9.17) is 10.4 Å². The molecule has 1 N–H and O–H groups in total. The van der Waals surface area contributed by atoms with Gasteiger partial charge in [-0.3, -0.25) is 0 Å². The van der Waals surface area contributed by atoms with Crippen molar-refractivity contribution < 1.29 is 14.4 Å². The van der Waals surface area contributed by atoms with Crippen LogP contribution < -0.4 is 0 Å². The summed E-state index contributed by atoms with van der Waals surface area (Å²) in [6.07, 6.45) is 3.56. The van der Waals surface area contributed by atoms with Crippen LogP contribution in [0.5, 0.6) is 0 Å². The third kappa shape index (κ3) is 1.59. The molecule has 16 heavy (non-hydrogen) atoms. The second kappa shape index (κ2) is 3.78. The zero-order valence-electron chi connectivity index (χ0n) is 7.78. The number of rotatable bonds is 2. The second-order valence-electron chi connectivity index (χ2n) is 2.79. The fourth-order valence-electron chi connectivity index (χ4n) is 1.06. The Morgan fingerprint density at radius 2 is 2.12 bits per heavy atom. The maximum atomic E-state index is 10.8. The molecule has 0 saturated carbocycles. The van der Waals surface area contributed by atoms with E-state index in [2.05, 4.69) is 19.6 Å². The molecule has 0 aliphatic heterocycles. The van der Waals surface area contributed by atoms with E-state index in [1.807, 2.05) is 6.07 Å². The van der Waals surface area contributed by atoms with Gasteiger partial charge < -0.3 is 9.63 Å². The van der Waals surface area contributed by atoms with Gasteiger partial charge in [-0.15, -0.1) is 0 Å². The normalized spacial score (nSPS) is 9.69. The van der Waals surface area contributed by atoms with Gasteiger partial charge in [-0.2, -0.15) is 5.26 Å². The van der Waals surface area contributed by atoms with Crippen molar-refractivity contribution in [2.24, 2.45) is 0 Å². The number of nitriles is 1. The Morgan fingerprint density at radius 3 is 2.69 bits per heavy atom. The average Bonchev–Trinajstić information content (AvgIpc) is 2.78. The van der Waals surface area contributed by atoms with Gasteiger partial charge in [0, 0.05) is 12.4 Å². The molecular weight excluding hydrogens is 212 g/mol. The predicted octanol–water partition coefficient (Wildman–Crippen LogP) is 0.701. The van der Waals surface area contributed by atoms with Crippen molar-refractivity contribution in [3.63, 3.8) is 0 Å². The highest BCUT2D eigenvalue weighted by molar-refractivity contribution is 5.93. The molecular formula is C9H4N4O3. The van der Waals surface area contributed by atoms with E-state index in [0.29, 0.717) is 0 Å². The summed E-state index contributed by atoms with van der Waals surface area (Å²) in [5.41, 5.74) is 0.200. The van der Waals surface area contributed by atoms with E-state index >= 15 is 0 Å². The Balaban J connectivity index is 2.47. The van der Waals surface area contributed by atoms with Crippen LogP contribution in [0.1, 0.15) is 15.9 Å². The minimum Gasteiger partial charge on any atom is -0.477 e. The summed E-state index contributed by atoms with van der Waals surface area (Å²) in [6.45, 7) is 0. The molecule has 78 valence electrons. The Hall–Kier alpha value is -2.75. The molecule has 7 nitrogen and oxygen atoms in total. The first kappa shape index (κ1) is 9.79. The SMILES string of the molecule is N#Cc1cnc(-c2nocc2C(=O)O)nc1. The Morgan fingerprint density at radius 1 is 1.44 bits per heavy atom. The highest BCUT2D eigenvalue weighted by Crippen LogP contribution is 2.17. The quantitative estimate of drug-likeness (QED) is 0.785. The van der Waals surface area contributed by atoms with Gasteiger partial charge in [0.15, 0.2) is 11.5 Å². The number of aromatic nitrogens is 3. The molecule has 2 rings (SSSR count). The first-order chi connectivity index (χ1) is 7.72. The first-order valence-corrected chi connectivity index (χ1v) is 4.12. The molecule has 2 aromatic rings. The van der Waals surface area contributed by atoms with E-state index < -0.39 is 5.97 Å². The molecule has 2 aromatic heterocycles. The Kier molecular flexibility index (Phi) is 2.31. The second-order valence-corrected chi connectivity index (χ2v) is 2.79. The number of carboxylic acid groups (broad SMARTS) is 1. The molecule has 0 radical (unpaired) electrons. The van der Waals surface area contributed by atoms with Crippen molar-refractivity contribution >= 4 is 5.97 Å². The summed E-state index contributed by atoms with van der Waals surface area (Å²) < 4.78 is 4.54. The van der Waals surface area contributed by atoms with Crippen molar-refractivity contribution in [2.75, 3.05) is 0 Å². The Labute approximate surface area is 89.0 Å². The monoisotopic (exact) mass is 216 g/mol. The van der Waals surface area contributed by atoms with Crippen LogP contribution in [0.3, 0.4) is 0 Å². The highest BCUT2D eigenvalue weighted by atomic mass is 16.5. The third-order valence-corrected chi connectivity index (χ3v) is 1.79. The van der Waals surface area contributed by atoms with Crippen LogP contribution in [-0.2, 0) is 0 Å². The highest BCUT2D eigenvalue weighted by Gasteiger charge is 2.18. The first-order valence-electron chi connectivity index (χ1n) is 4.12. The zero-order chi connectivity index (χ0) is 11.5. The van der Waals surface area contributed by atoms with E-state index in [-0.39, 0.29) is 22.6 Å². The smallest absolute Gasteiger partial charge is 0.341 e. The van der Waals surface area contributed by atoms with Crippen LogP contribution in [0, 0.1) is 11.3 Å². The van der Waals surface area contributed by atoms with Crippen LogP contribution in [0.4, 0.5) is 0 Å². The molecule has 0 atom stereocenters. The largest absolute Gasteiger partial charge is 0.477 e. The van der Waals surface area contributed by atoms with Gasteiger partial charge in [0.05, 0.1) is 5.56 Å². The number of nitrogens with zero attached hydrogens (tertiary/aromatic N) is 4. The molecule has 0 saturated heterocycles. The van der Waals surface area contributed by atoms with E-state index in [1.165, 1.54) is 12.4 Å². The standard InChI is InChI=1S/C9H4N4O3/c10-1-5-2-11-8(12-3-5)7-6(9(14)15)4-16-13-7/h2-4H,(H,14,15). The van der Waals surface area contributed by atoms with Crippen molar-refractivity contribution in [3.8, 4) is 17.6 Å². The van der Waals surface area contributed by atoms with Crippen LogP contribution in [-0.4, -0.2) is 26.2 Å². The molecule has 2 heterocycles. The number of carboxylic acids is 1. The summed E-state index contributed by atoms with van der Waals surface area (Å²) in [7, 11) is 0. The van der Waals surface area contributed by atoms with E-state index in [0.717, 1.165) is 6.26 Å². The molecule has 0 spiro atoms. The van der Waals surface area contributed by atoms with Gasteiger partial charge in [-0.25, -0.2) is 14.8 Å². The summed E-state index contributed by atoms with van der Waals surface area (Å²) >= 11 is 0. The van der Waals surface area contributed by atoms with Crippen molar-refractivity contribution in [1.82, 2.24) is 15.1 Å². The number of aromatic carboxylic acids is 1. The molecule has 0 aromatic carbocycles. The maximum Gasteiger partial charge on any atom is 0.341 e. The van der Waals surface area contributed by atoms with Gasteiger partial charge in [-0.1, -0.05) is 5.16 Å². The fraction of sp³-hybridized carbons (Fsp3) is 0. The average molecular weight is 216 g/mol. The minimum absolute atomic E-state index is 0.0389. The molecule has 0 fully saturated rings. The zero-order valence-corrected chi connectivity index (χ0v) is 7.78. The topological polar surface area (TPSA) is 113 Å². The van der Waals surface area contributed by atoms with Gasteiger partial charge in [0.2, 0.25) is 0 Å². The number of carbonyl (C=O) groups is 1.